The number of benzene rings is 1. The van der Waals surface area contributed by atoms with Crippen molar-refractivity contribution in [3.8, 4) is 11.8 Å². The Kier molecular flexibility index (Phi) is 5.42. The zero-order chi connectivity index (χ0) is 14.4. The maximum Gasteiger partial charge on any atom is 0.174 e. The predicted octanol–water partition coefficient (Wildman–Crippen LogP) is 4.15. The Balaban J connectivity index is 1.86. The number of hydrogen-bond acceptors (Lipinski definition) is 4. The Labute approximate surface area is 127 Å². The molecule has 0 aliphatic heterocycles. The van der Waals surface area contributed by atoms with E-state index in [0.717, 1.165) is 10.9 Å². The van der Waals surface area contributed by atoms with Crippen LogP contribution in [0.25, 0.3) is 0 Å². The number of halogens is 1. The molecule has 0 bridgehead atoms. The molecule has 1 heterocycles. The lowest BCUT2D eigenvalue weighted by atomic mass is 10.2. The second-order valence-corrected chi connectivity index (χ2v) is 6.08. The average molecular weight is 307 g/mol. The second-order valence-electron chi connectivity index (χ2n) is 4.34. The fraction of sp³-hybridized carbons (Fsp3) is 0.267. The first-order chi connectivity index (χ1) is 9.69. The summed E-state index contributed by atoms with van der Waals surface area (Å²) in [5.74, 6) is 0.716. The molecule has 20 heavy (non-hydrogen) atoms. The summed E-state index contributed by atoms with van der Waals surface area (Å²) in [6, 6.07) is 13.9. The molecule has 0 amide bonds. The van der Waals surface area contributed by atoms with E-state index in [1.54, 1.807) is 11.3 Å². The second kappa shape index (κ2) is 7.30. The fourth-order valence-corrected chi connectivity index (χ4v) is 2.84. The van der Waals surface area contributed by atoms with Crippen LogP contribution in [-0.2, 0) is 6.54 Å². The molecular weight excluding hydrogens is 292 g/mol. The molecule has 0 aliphatic rings. The van der Waals surface area contributed by atoms with Gasteiger partial charge in [0.25, 0.3) is 0 Å². The van der Waals surface area contributed by atoms with E-state index in [1.165, 1.54) is 10.4 Å². The predicted molar refractivity (Wildman–Crippen MR) is 82.1 cm³/mol. The lowest BCUT2D eigenvalue weighted by Crippen LogP contribution is -2.17. The first kappa shape index (κ1) is 14.9. The highest BCUT2D eigenvalue weighted by atomic mass is 35.5. The van der Waals surface area contributed by atoms with Gasteiger partial charge in [0, 0.05) is 17.5 Å². The molecule has 0 fully saturated rings. The molecule has 1 aromatic carbocycles. The van der Waals surface area contributed by atoms with Gasteiger partial charge in [-0.1, -0.05) is 23.7 Å². The van der Waals surface area contributed by atoms with Gasteiger partial charge < -0.3 is 10.1 Å². The summed E-state index contributed by atoms with van der Waals surface area (Å²) in [6.45, 7) is 2.97. The lowest BCUT2D eigenvalue weighted by Gasteiger charge is -2.12. The quantitative estimate of drug-likeness (QED) is 0.871. The lowest BCUT2D eigenvalue weighted by molar-refractivity contribution is 0.368. The summed E-state index contributed by atoms with van der Waals surface area (Å²) >= 11 is 7.53. The summed E-state index contributed by atoms with van der Waals surface area (Å²) in [5, 5.41) is 11.9. The minimum absolute atomic E-state index is 0.0772. The van der Waals surface area contributed by atoms with E-state index in [-0.39, 0.29) is 12.6 Å². The SMILES string of the molecule is CC(NCc1ccc(OCC#N)cc1)c1ccc(Cl)s1. The Hall–Kier alpha value is -1.54. The van der Waals surface area contributed by atoms with Gasteiger partial charge >= 0.3 is 0 Å². The number of rotatable bonds is 6. The first-order valence-electron chi connectivity index (χ1n) is 6.26. The van der Waals surface area contributed by atoms with Crippen molar-refractivity contribution >= 4 is 22.9 Å². The molecule has 5 heteroatoms. The maximum atomic E-state index is 8.44. The highest BCUT2D eigenvalue weighted by Crippen LogP contribution is 2.26. The van der Waals surface area contributed by atoms with E-state index in [9.17, 15) is 0 Å². The van der Waals surface area contributed by atoms with Crippen molar-refractivity contribution in [3.05, 3.63) is 51.2 Å². The summed E-state index contributed by atoms with van der Waals surface area (Å²) in [4.78, 5) is 1.23. The monoisotopic (exact) mass is 306 g/mol. The van der Waals surface area contributed by atoms with E-state index in [1.807, 2.05) is 42.5 Å². The minimum atomic E-state index is 0.0772. The molecule has 2 rings (SSSR count). The van der Waals surface area contributed by atoms with Crippen molar-refractivity contribution in [2.75, 3.05) is 6.61 Å². The third-order valence-electron chi connectivity index (χ3n) is 2.86. The Morgan fingerprint density at radius 2 is 2.05 bits per heavy atom. The van der Waals surface area contributed by atoms with Gasteiger partial charge in [0.15, 0.2) is 6.61 Å². The van der Waals surface area contributed by atoms with Gasteiger partial charge in [-0.3, -0.25) is 0 Å². The van der Waals surface area contributed by atoms with Crippen molar-refractivity contribution in [2.24, 2.45) is 0 Å². The van der Waals surface area contributed by atoms with Gasteiger partial charge in [0.05, 0.1) is 4.34 Å². The number of ether oxygens (including phenoxy) is 1. The number of nitrogens with one attached hydrogen (secondary N) is 1. The van der Waals surface area contributed by atoms with E-state index in [4.69, 9.17) is 21.6 Å². The van der Waals surface area contributed by atoms with Crippen LogP contribution < -0.4 is 10.1 Å². The van der Waals surface area contributed by atoms with Gasteiger partial charge in [-0.05, 0) is 36.8 Å². The van der Waals surface area contributed by atoms with Gasteiger partial charge in [0.1, 0.15) is 11.8 Å². The minimum Gasteiger partial charge on any atom is -0.479 e. The Morgan fingerprint density at radius 1 is 1.30 bits per heavy atom. The third kappa shape index (κ3) is 4.24. The Bertz CT molecular complexity index is 589. The standard InChI is InChI=1S/C15H15ClN2OS/c1-11(14-6-7-15(16)20-14)18-10-12-2-4-13(5-3-12)19-9-8-17/h2-7,11,18H,9-10H2,1H3. The molecule has 0 saturated carbocycles. The topological polar surface area (TPSA) is 45.0 Å². The van der Waals surface area contributed by atoms with Gasteiger partial charge in [-0.25, -0.2) is 0 Å². The van der Waals surface area contributed by atoms with Crippen molar-refractivity contribution < 1.29 is 4.74 Å². The van der Waals surface area contributed by atoms with Crippen LogP contribution in [0.4, 0.5) is 0 Å². The molecule has 0 aliphatic carbocycles. The van der Waals surface area contributed by atoms with Crippen LogP contribution in [0.3, 0.4) is 0 Å². The zero-order valence-corrected chi connectivity index (χ0v) is 12.7. The molecule has 0 radical (unpaired) electrons. The maximum absolute atomic E-state index is 8.44. The molecule has 3 nitrogen and oxygen atoms in total. The molecule has 0 spiro atoms. The summed E-state index contributed by atoms with van der Waals surface area (Å²) in [6.07, 6.45) is 0. The highest BCUT2D eigenvalue weighted by molar-refractivity contribution is 7.16. The molecule has 1 N–H and O–H groups in total. The summed E-state index contributed by atoms with van der Waals surface area (Å²) < 4.78 is 6.03. The number of thiophene rings is 1. The van der Waals surface area contributed by atoms with Crippen molar-refractivity contribution in [3.63, 3.8) is 0 Å². The van der Waals surface area contributed by atoms with Crippen LogP contribution in [0.5, 0.6) is 5.75 Å². The molecule has 1 atom stereocenters. The van der Waals surface area contributed by atoms with E-state index >= 15 is 0 Å². The first-order valence-corrected chi connectivity index (χ1v) is 7.46. The average Bonchev–Trinajstić information content (AvgIpc) is 2.90. The summed E-state index contributed by atoms with van der Waals surface area (Å²) in [5.41, 5.74) is 1.17. The van der Waals surface area contributed by atoms with E-state index < -0.39 is 0 Å². The van der Waals surface area contributed by atoms with Crippen molar-refractivity contribution in [2.45, 2.75) is 19.5 Å². The third-order valence-corrected chi connectivity index (χ3v) is 4.27. The van der Waals surface area contributed by atoms with Crippen LogP contribution >= 0.6 is 22.9 Å². The summed E-state index contributed by atoms with van der Waals surface area (Å²) in [7, 11) is 0. The number of nitriles is 1. The fourth-order valence-electron chi connectivity index (χ4n) is 1.75. The van der Waals surface area contributed by atoms with Gasteiger partial charge in [0.2, 0.25) is 0 Å². The van der Waals surface area contributed by atoms with Crippen LogP contribution in [0, 0.1) is 11.3 Å². The van der Waals surface area contributed by atoms with Gasteiger partial charge in [-0.2, -0.15) is 5.26 Å². The van der Waals surface area contributed by atoms with Crippen LogP contribution in [0.2, 0.25) is 4.34 Å². The van der Waals surface area contributed by atoms with Crippen LogP contribution in [0.15, 0.2) is 36.4 Å². The highest BCUT2D eigenvalue weighted by Gasteiger charge is 2.07. The van der Waals surface area contributed by atoms with E-state index in [0.29, 0.717) is 5.75 Å². The smallest absolute Gasteiger partial charge is 0.174 e. The largest absolute Gasteiger partial charge is 0.479 e. The normalized spacial score (nSPS) is 11.8. The molecule has 104 valence electrons. The number of hydrogen-bond donors (Lipinski definition) is 1. The zero-order valence-electron chi connectivity index (χ0n) is 11.1. The Morgan fingerprint density at radius 3 is 2.65 bits per heavy atom. The van der Waals surface area contributed by atoms with Crippen molar-refractivity contribution in [1.29, 1.82) is 5.26 Å². The molecule has 0 saturated heterocycles. The molecule has 2 aromatic rings. The molecule has 1 aromatic heterocycles. The molecular formula is C15H15ClN2OS. The van der Waals surface area contributed by atoms with Crippen LogP contribution in [-0.4, -0.2) is 6.61 Å². The van der Waals surface area contributed by atoms with Crippen molar-refractivity contribution in [1.82, 2.24) is 5.32 Å². The molecule has 1 unspecified atom stereocenters. The van der Waals surface area contributed by atoms with Crippen LogP contribution in [0.1, 0.15) is 23.4 Å². The number of nitrogens with zero attached hydrogens (tertiary/aromatic N) is 1. The van der Waals surface area contributed by atoms with Gasteiger partial charge in [-0.15, -0.1) is 11.3 Å². The van der Waals surface area contributed by atoms with E-state index in [2.05, 4.69) is 12.2 Å².